The number of ether oxygens (including phenoxy) is 2. The van der Waals surface area contributed by atoms with Crippen molar-refractivity contribution >= 4 is 51.2 Å². The Morgan fingerprint density at radius 2 is 1.83 bits per heavy atom. The topological polar surface area (TPSA) is 89.0 Å². The van der Waals surface area contributed by atoms with E-state index in [9.17, 15) is 9.59 Å². The van der Waals surface area contributed by atoms with Crippen LogP contribution in [0.15, 0.2) is 70.2 Å². The Balaban J connectivity index is 1.58. The number of hydrogen-bond donors (Lipinski definition) is 2. The number of halogens is 2. The Morgan fingerprint density at radius 3 is 2.54 bits per heavy atom. The van der Waals surface area contributed by atoms with Gasteiger partial charge in [0.05, 0.1) is 17.3 Å². The summed E-state index contributed by atoms with van der Waals surface area (Å²) in [6.45, 7) is 4.58. The lowest BCUT2D eigenvalue weighted by atomic mass is 10.2. The van der Waals surface area contributed by atoms with Gasteiger partial charge in [-0.2, -0.15) is 5.10 Å². The van der Waals surface area contributed by atoms with Gasteiger partial charge in [0.1, 0.15) is 13.0 Å². The zero-order valence-electron chi connectivity index (χ0n) is 19.3. The molecule has 0 saturated heterocycles. The first kappa shape index (κ1) is 26.2. The van der Waals surface area contributed by atoms with Gasteiger partial charge in [-0.15, -0.1) is 0 Å². The lowest BCUT2D eigenvalue weighted by Gasteiger charge is -2.14. The predicted molar refractivity (Wildman–Crippen MR) is 141 cm³/mol. The number of hydrazone groups is 1. The van der Waals surface area contributed by atoms with Crippen LogP contribution >= 0.6 is 27.5 Å². The average Bonchev–Trinajstić information content (AvgIpc) is 2.82. The fraction of sp³-hybridized carbons (Fsp3) is 0.192. The normalized spacial score (nSPS) is 10.7. The highest BCUT2D eigenvalue weighted by Gasteiger charge is 2.13. The number of carbonyl (C=O) groups excluding carboxylic acids is 2. The lowest BCUT2D eigenvalue weighted by Crippen LogP contribution is -2.24. The molecule has 35 heavy (non-hydrogen) atoms. The first-order valence-electron chi connectivity index (χ1n) is 10.9. The number of rotatable bonds is 10. The number of anilines is 1. The summed E-state index contributed by atoms with van der Waals surface area (Å²) in [5, 5.41) is 7.12. The van der Waals surface area contributed by atoms with Crippen LogP contribution in [0.5, 0.6) is 11.5 Å². The molecule has 2 amide bonds. The van der Waals surface area contributed by atoms with E-state index >= 15 is 0 Å². The summed E-state index contributed by atoms with van der Waals surface area (Å²) in [4.78, 5) is 24.2. The minimum Gasteiger partial charge on any atom is -0.490 e. The maximum atomic E-state index is 12.1. The van der Waals surface area contributed by atoms with Crippen LogP contribution in [0, 0.1) is 6.92 Å². The van der Waals surface area contributed by atoms with E-state index in [4.69, 9.17) is 21.1 Å². The highest BCUT2D eigenvalue weighted by atomic mass is 79.9. The van der Waals surface area contributed by atoms with Gasteiger partial charge in [0.25, 0.3) is 0 Å². The van der Waals surface area contributed by atoms with Crippen LogP contribution in [0.4, 0.5) is 5.69 Å². The van der Waals surface area contributed by atoms with Crippen molar-refractivity contribution in [2.45, 2.75) is 26.9 Å². The van der Waals surface area contributed by atoms with E-state index in [0.29, 0.717) is 45.5 Å². The van der Waals surface area contributed by atoms with Crippen LogP contribution in [0.1, 0.15) is 30.0 Å². The summed E-state index contributed by atoms with van der Waals surface area (Å²) in [7, 11) is 0. The molecular weight excluding hydrogens is 534 g/mol. The maximum absolute atomic E-state index is 12.1. The molecule has 0 aliphatic heterocycles. The van der Waals surface area contributed by atoms with Crippen LogP contribution in [-0.2, 0) is 16.2 Å². The number of carbonyl (C=O) groups is 2. The molecule has 0 saturated carbocycles. The Morgan fingerprint density at radius 1 is 1.06 bits per heavy atom. The third kappa shape index (κ3) is 8.12. The summed E-state index contributed by atoms with van der Waals surface area (Å²) in [6, 6.07) is 18.5. The van der Waals surface area contributed by atoms with Crippen molar-refractivity contribution in [2.24, 2.45) is 5.10 Å². The molecule has 0 bridgehead atoms. The maximum Gasteiger partial charge on any atom is 0.249 e. The smallest absolute Gasteiger partial charge is 0.249 e. The highest BCUT2D eigenvalue weighted by molar-refractivity contribution is 9.10. The number of amides is 2. The molecule has 182 valence electrons. The second kappa shape index (κ2) is 12.9. The van der Waals surface area contributed by atoms with Crippen molar-refractivity contribution in [1.82, 2.24) is 5.43 Å². The van der Waals surface area contributed by atoms with Crippen LogP contribution < -0.4 is 20.2 Å². The van der Waals surface area contributed by atoms with Crippen molar-refractivity contribution in [3.63, 3.8) is 0 Å². The predicted octanol–water partition coefficient (Wildman–Crippen LogP) is 5.87. The Kier molecular flexibility index (Phi) is 9.69. The van der Waals surface area contributed by atoms with Crippen LogP contribution in [0.2, 0.25) is 5.02 Å². The molecule has 0 spiro atoms. The summed E-state index contributed by atoms with van der Waals surface area (Å²) >= 11 is 9.58. The fourth-order valence-electron chi connectivity index (χ4n) is 3.04. The van der Waals surface area contributed by atoms with Gasteiger partial charge in [-0.05, 0) is 70.7 Å². The number of benzene rings is 3. The molecule has 2 N–H and O–H groups in total. The minimum atomic E-state index is -0.552. The summed E-state index contributed by atoms with van der Waals surface area (Å²) in [5.74, 6) is 0.0919. The van der Waals surface area contributed by atoms with Crippen molar-refractivity contribution in [1.29, 1.82) is 0 Å². The quantitative estimate of drug-likeness (QED) is 0.185. The zero-order valence-corrected chi connectivity index (χ0v) is 21.7. The van der Waals surface area contributed by atoms with Gasteiger partial charge in [-0.25, -0.2) is 5.43 Å². The van der Waals surface area contributed by atoms with E-state index in [-0.39, 0.29) is 6.42 Å². The monoisotopic (exact) mass is 557 g/mol. The molecule has 9 heteroatoms. The summed E-state index contributed by atoms with van der Waals surface area (Å²) < 4.78 is 12.4. The van der Waals surface area contributed by atoms with Crippen LogP contribution in [-0.4, -0.2) is 24.6 Å². The lowest BCUT2D eigenvalue weighted by molar-refractivity contribution is -0.126. The second-order valence-electron chi connectivity index (χ2n) is 7.52. The first-order valence-corrected chi connectivity index (χ1v) is 12.0. The molecular formula is C26H25BrClN3O4. The summed E-state index contributed by atoms with van der Waals surface area (Å²) in [6.07, 6.45) is 1.08. The fourth-order valence-corrected chi connectivity index (χ4v) is 3.79. The number of aryl methyl sites for hydroxylation is 1. The van der Waals surface area contributed by atoms with Gasteiger partial charge in [0.2, 0.25) is 11.8 Å². The van der Waals surface area contributed by atoms with Gasteiger partial charge in [0, 0.05) is 10.7 Å². The zero-order chi connectivity index (χ0) is 25.2. The largest absolute Gasteiger partial charge is 0.490 e. The molecule has 0 atom stereocenters. The second-order valence-corrected chi connectivity index (χ2v) is 8.78. The highest BCUT2D eigenvalue weighted by Crippen LogP contribution is 2.37. The minimum absolute atomic E-state index is 0.386. The molecule has 3 aromatic carbocycles. The molecule has 3 aromatic rings. The Bertz CT molecular complexity index is 1220. The number of hydrogen-bond acceptors (Lipinski definition) is 5. The Labute approximate surface area is 217 Å². The standard InChI is InChI=1S/C26H25BrClN3O4/c1-3-34-23-12-19(11-21(27)26(23)35-16-18-7-5-4-6-8-18)15-29-31-25(33)14-24(32)30-20-10-9-17(2)22(28)13-20/h4-13,15H,3,14,16H2,1-2H3,(H,30,32)(H,31,33). The average molecular weight is 559 g/mol. The third-order valence-corrected chi connectivity index (χ3v) is 5.73. The van der Waals surface area contributed by atoms with Crippen LogP contribution in [0.3, 0.4) is 0 Å². The van der Waals surface area contributed by atoms with E-state index in [1.165, 1.54) is 6.21 Å². The SMILES string of the molecule is CCOc1cc(C=NNC(=O)CC(=O)Nc2ccc(C)c(Cl)c2)cc(Br)c1OCc1ccccc1. The number of nitrogens with one attached hydrogen (secondary N) is 2. The van der Waals surface area contributed by atoms with E-state index in [2.05, 4.69) is 31.8 Å². The molecule has 0 aliphatic carbocycles. The molecule has 0 aromatic heterocycles. The third-order valence-electron chi connectivity index (χ3n) is 4.74. The van der Waals surface area contributed by atoms with Crippen molar-refractivity contribution in [2.75, 3.05) is 11.9 Å². The van der Waals surface area contributed by atoms with E-state index in [0.717, 1.165) is 11.1 Å². The van der Waals surface area contributed by atoms with Gasteiger partial charge >= 0.3 is 0 Å². The Hall–Kier alpha value is -3.36. The van der Waals surface area contributed by atoms with E-state index in [1.54, 1.807) is 30.3 Å². The van der Waals surface area contributed by atoms with Crippen molar-refractivity contribution < 1.29 is 19.1 Å². The van der Waals surface area contributed by atoms with Crippen LogP contribution in [0.25, 0.3) is 0 Å². The molecule has 0 radical (unpaired) electrons. The van der Waals surface area contributed by atoms with Gasteiger partial charge < -0.3 is 14.8 Å². The first-order chi connectivity index (χ1) is 16.9. The van der Waals surface area contributed by atoms with Crippen molar-refractivity contribution in [3.8, 4) is 11.5 Å². The molecule has 0 fully saturated rings. The van der Waals surface area contributed by atoms with Crippen molar-refractivity contribution in [3.05, 3.63) is 86.8 Å². The van der Waals surface area contributed by atoms with E-state index in [1.807, 2.05) is 44.2 Å². The molecule has 3 rings (SSSR count). The van der Waals surface area contributed by atoms with E-state index < -0.39 is 11.8 Å². The molecule has 0 unspecified atom stereocenters. The van der Waals surface area contributed by atoms with Gasteiger partial charge in [-0.1, -0.05) is 48.0 Å². The molecule has 0 aliphatic rings. The molecule has 7 nitrogen and oxygen atoms in total. The number of nitrogens with zero attached hydrogens (tertiary/aromatic N) is 1. The summed E-state index contributed by atoms with van der Waals surface area (Å²) in [5.41, 5.74) is 5.47. The van der Waals surface area contributed by atoms with Gasteiger partial charge in [0.15, 0.2) is 11.5 Å². The molecule has 0 heterocycles. The van der Waals surface area contributed by atoms with Gasteiger partial charge in [-0.3, -0.25) is 9.59 Å².